The number of carbonyl (C=O) groups is 3. The smallest absolute Gasteiger partial charge is 0.303 e. The lowest BCUT2D eigenvalue weighted by Crippen LogP contribution is -2.59. The van der Waals surface area contributed by atoms with Gasteiger partial charge < -0.3 is 28.8 Å². The van der Waals surface area contributed by atoms with Crippen LogP contribution in [-0.4, -0.2) is 66.4 Å². The summed E-state index contributed by atoms with van der Waals surface area (Å²) in [5.74, 6) is -1.91. The predicted octanol–water partition coefficient (Wildman–Crippen LogP) is -1.10. The Morgan fingerprint density at radius 2 is 1.36 bits per heavy atom. The summed E-state index contributed by atoms with van der Waals surface area (Å²) in [6, 6.07) is 0. The number of hydrogen-bond donors (Lipinski definition) is 1. The van der Waals surface area contributed by atoms with Crippen LogP contribution in [0.15, 0.2) is 0 Å². The molecule has 0 aliphatic carbocycles. The van der Waals surface area contributed by atoms with Crippen LogP contribution in [0, 0.1) is 0 Å². The lowest BCUT2D eigenvalue weighted by molar-refractivity contribution is -0.250. The van der Waals surface area contributed by atoms with Crippen molar-refractivity contribution in [3.63, 3.8) is 0 Å². The van der Waals surface area contributed by atoms with Crippen molar-refractivity contribution in [1.29, 1.82) is 0 Å². The normalized spacial score (nSPS) is 36.5. The minimum Gasteiger partial charge on any atom is -0.456 e. The van der Waals surface area contributed by atoms with E-state index in [0.717, 1.165) is 0 Å². The SMILES string of the molecule is CC(=O)O[C@H]1[C@H](OC(C)=O)[C@@H]2O[C@H](O[C@H]2CO)[C@H]1OC(C)=O. The Labute approximate surface area is 126 Å². The van der Waals surface area contributed by atoms with E-state index in [1.54, 1.807) is 0 Å². The Morgan fingerprint density at radius 1 is 0.864 bits per heavy atom. The summed E-state index contributed by atoms with van der Waals surface area (Å²) in [5, 5.41) is 9.34. The summed E-state index contributed by atoms with van der Waals surface area (Å²) in [4.78, 5) is 33.9. The van der Waals surface area contributed by atoms with Gasteiger partial charge in [-0.1, -0.05) is 0 Å². The first-order valence-corrected chi connectivity index (χ1v) is 6.77. The van der Waals surface area contributed by atoms with Crippen LogP contribution in [0.2, 0.25) is 0 Å². The van der Waals surface area contributed by atoms with Gasteiger partial charge in [0.1, 0.15) is 12.2 Å². The molecule has 0 aromatic heterocycles. The molecular weight excluding hydrogens is 300 g/mol. The van der Waals surface area contributed by atoms with Gasteiger partial charge in [0, 0.05) is 20.8 Å². The first-order chi connectivity index (χ1) is 10.3. The number of aliphatic hydroxyl groups is 1. The van der Waals surface area contributed by atoms with Crippen LogP contribution in [0.3, 0.4) is 0 Å². The van der Waals surface area contributed by atoms with Crippen LogP contribution < -0.4 is 0 Å². The van der Waals surface area contributed by atoms with Gasteiger partial charge in [0.05, 0.1) is 6.61 Å². The summed E-state index contributed by atoms with van der Waals surface area (Å²) in [6.07, 6.45) is -5.85. The highest BCUT2D eigenvalue weighted by Crippen LogP contribution is 2.37. The maximum atomic E-state index is 11.3. The van der Waals surface area contributed by atoms with E-state index in [-0.39, 0.29) is 0 Å². The molecule has 0 unspecified atom stereocenters. The fourth-order valence-corrected chi connectivity index (χ4v) is 2.61. The molecule has 2 aliphatic heterocycles. The lowest BCUT2D eigenvalue weighted by Gasteiger charge is -2.38. The number of ether oxygens (including phenoxy) is 5. The van der Waals surface area contributed by atoms with Gasteiger partial charge in [0.2, 0.25) is 0 Å². The molecule has 2 bridgehead atoms. The fourth-order valence-electron chi connectivity index (χ4n) is 2.61. The molecule has 0 amide bonds. The number of carbonyl (C=O) groups excluding carboxylic acids is 3. The highest BCUT2D eigenvalue weighted by molar-refractivity contribution is 5.68. The standard InChI is InChI=1S/C13H18O9/c1-5(15)18-10-9-8(4-14)21-13(22-9)12(20-7(3)17)11(10)19-6(2)16/h8-14H,4H2,1-3H3/t8-,9+,10+,11-,12-,13-/m0/s1. The molecule has 2 heterocycles. The Bertz CT molecular complexity index is 462. The van der Waals surface area contributed by atoms with Gasteiger partial charge in [0.25, 0.3) is 0 Å². The average molecular weight is 318 g/mol. The molecule has 2 fully saturated rings. The Kier molecular flexibility index (Phi) is 4.99. The maximum Gasteiger partial charge on any atom is 0.303 e. The van der Waals surface area contributed by atoms with Gasteiger partial charge in [-0.2, -0.15) is 0 Å². The second-order valence-electron chi connectivity index (χ2n) is 5.05. The van der Waals surface area contributed by atoms with Gasteiger partial charge in [-0.25, -0.2) is 0 Å². The third-order valence-electron chi connectivity index (χ3n) is 3.29. The van der Waals surface area contributed by atoms with Crippen molar-refractivity contribution in [2.45, 2.75) is 57.6 Å². The molecule has 124 valence electrons. The molecular formula is C13H18O9. The molecule has 2 rings (SSSR count). The van der Waals surface area contributed by atoms with Crippen molar-refractivity contribution in [3.05, 3.63) is 0 Å². The minimum atomic E-state index is -1.10. The van der Waals surface area contributed by atoms with Crippen LogP contribution >= 0.6 is 0 Å². The third kappa shape index (κ3) is 3.37. The first kappa shape index (κ1) is 16.7. The highest BCUT2D eigenvalue weighted by atomic mass is 16.8. The van der Waals surface area contributed by atoms with E-state index < -0.39 is 61.3 Å². The molecule has 0 radical (unpaired) electrons. The second kappa shape index (κ2) is 6.59. The number of fused-ring (bicyclic) bond motifs is 2. The lowest BCUT2D eigenvalue weighted by atomic mass is 9.97. The molecule has 0 saturated carbocycles. The number of hydrogen-bond acceptors (Lipinski definition) is 9. The molecule has 2 aliphatic rings. The average Bonchev–Trinajstić information content (AvgIpc) is 2.78. The van der Waals surface area contributed by atoms with Crippen LogP contribution in [0.5, 0.6) is 0 Å². The number of rotatable bonds is 4. The van der Waals surface area contributed by atoms with E-state index in [0.29, 0.717) is 0 Å². The molecule has 1 N–H and O–H groups in total. The maximum absolute atomic E-state index is 11.3. The number of esters is 3. The Balaban J connectivity index is 2.32. The van der Waals surface area contributed by atoms with E-state index in [1.165, 1.54) is 20.8 Å². The van der Waals surface area contributed by atoms with E-state index in [9.17, 15) is 19.5 Å². The Morgan fingerprint density at radius 3 is 1.86 bits per heavy atom. The zero-order valence-electron chi connectivity index (χ0n) is 12.4. The van der Waals surface area contributed by atoms with Gasteiger partial charge in [-0.05, 0) is 0 Å². The first-order valence-electron chi connectivity index (χ1n) is 6.77. The summed E-state index contributed by atoms with van der Waals surface area (Å²) < 4.78 is 26.4. The fraction of sp³-hybridized carbons (Fsp3) is 0.769. The summed E-state index contributed by atoms with van der Waals surface area (Å²) in [5.41, 5.74) is 0. The van der Waals surface area contributed by atoms with E-state index >= 15 is 0 Å². The van der Waals surface area contributed by atoms with Gasteiger partial charge in [0.15, 0.2) is 24.6 Å². The van der Waals surface area contributed by atoms with Crippen molar-refractivity contribution in [3.8, 4) is 0 Å². The summed E-state index contributed by atoms with van der Waals surface area (Å²) >= 11 is 0. The van der Waals surface area contributed by atoms with Crippen molar-refractivity contribution in [2.24, 2.45) is 0 Å². The highest BCUT2D eigenvalue weighted by Gasteiger charge is 2.59. The zero-order valence-corrected chi connectivity index (χ0v) is 12.4. The monoisotopic (exact) mass is 318 g/mol. The molecule has 0 aromatic carbocycles. The Hall–Kier alpha value is -1.71. The minimum absolute atomic E-state index is 0.390. The van der Waals surface area contributed by atoms with Gasteiger partial charge in [-0.15, -0.1) is 0 Å². The van der Waals surface area contributed by atoms with Crippen molar-refractivity contribution in [2.75, 3.05) is 6.61 Å². The third-order valence-corrected chi connectivity index (χ3v) is 3.29. The van der Waals surface area contributed by atoms with Crippen LogP contribution in [-0.2, 0) is 38.1 Å². The van der Waals surface area contributed by atoms with Gasteiger partial charge >= 0.3 is 17.9 Å². The molecule has 0 aromatic rings. The predicted molar refractivity (Wildman–Crippen MR) is 67.3 cm³/mol. The van der Waals surface area contributed by atoms with Crippen molar-refractivity contribution in [1.82, 2.24) is 0 Å². The molecule has 2 saturated heterocycles. The molecule has 6 atom stereocenters. The van der Waals surface area contributed by atoms with Crippen LogP contribution in [0.4, 0.5) is 0 Å². The van der Waals surface area contributed by atoms with E-state index in [2.05, 4.69) is 0 Å². The number of aliphatic hydroxyl groups excluding tert-OH is 1. The quantitative estimate of drug-likeness (QED) is 0.509. The van der Waals surface area contributed by atoms with Crippen molar-refractivity contribution < 1.29 is 43.2 Å². The largest absolute Gasteiger partial charge is 0.456 e. The molecule has 9 heteroatoms. The summed E-state index contributed by atoms with van der Waals surface area (Å²) in [6.45, 7) is 3.15. The van der Waals surface area contributed by atoms with Gasteiger partial charge in [-0.3, -0.25) is 14.4 Å². The summed E-state index contributed by atoms with van der Waals surface area (Å²) in [7, 11) is 0. The van der Waals surface area contributed by atoms with Crippen molar-refractivity contribution >= 4 is 17.9 Å². The molecule has 0 spiro atoms. The topological polar surface area (TPSA) is 118 Å². The van der Waals surface area contributed by atoms with E-state index in [1.807, 2.05) is 0 Å². The zero-order chi connectivity index (χ0) is 16.4. The van der Waals surface area contributed by atoms with Crippen LogP contribution in [0.1, 0.15) is 20.8 Å². The molecule has 22 heavy (non-hydrogen) atoms. The molecule has 9 nitrogen and oxygen atoms in total. The van der Waals surface area contributed by atoms with E-state index in [4.69, 9.17) is 23.7 Å². The second-order valence-corrected chi connectivity index (χ2v) is 5.05. The van der Waals surface area contributed by atoms with Crippen LogP contribution in [0.25, 0.3) is 0 Å².